The molecule has 0 atom stereocenters. The summed E-state index contributed by atoms with van der Waals surface area (Å²) in [6.07, 6.45) is 6.04. The first-order valence-corrected chi connectivity index (χ1v) is 14.2. The van der Waals surface area contributed by atoms with Crippen molar-refractivity contribution in [3.8, 4) is 0 Å². The predicted octanol–water partition coefficient (Wildman–Crippen LogP) is 5.64. The number of hydrogen-bond donors (Lipinski definition) is 0. The van der Waals surface area contributed by atoms with Crippen LogP contribution in [0.2, 0.25) is 0 Å². The van der Waals surface area contributed by atoms with Gasteiger partial charge in [0.1, 0.15) is 6.61 Å². The van der Waals surface area contributed by atoms with Gasteiger partial charge in [-0.05, 0) is 33.1 Å². The van der Waals surface area contributed by atoms with E-state index in [0.717, 1.165) is 37.5 Å². The molecule has 252 valence electrons. The maximum absolute atomic E-state index is 10.8. The molecular formula is C33H54O11. The van der Waals surface area contributed by atoms with Gasteiger partial charge < -0.3 is 28.4 Å². The molecule has 0 aromatic carbocycles. The van der Waals surface area contributed by atoms with Crippen LogP contribution in [0.3, 0.4) is 0 Å². The summed E-state index contributed by atoms with van der Waals surface area (Å²) in [6, 6.07) is 0. The van der Waals surface area contributed by atoms with Crippen molar-refractivity contribution in [3.05, 3.63) is 62.3 Å². The number of rotatable bonds is 18. The van der Waals surface area contributed by atoms with Crippen LogP contribution in [0, 0.1) is 5.41 Å². The third-order valence-corrected chi connectivity index (χ3v) is 4.10. The van der Waals surface area contributed by atoms with E-state index in [-0.39, 0.29) is 31.1 Å². The summed E-state index contributed by atoms with van der Waals surface area (Å²) in [5.74, 6) is -1.96. The Morgan fingerprint density at radius 3 is 1.23 bits per heavy atom. The van der Waals surface area contributed by atoms with Gasteiger partial charge in [0.05, 0.1) is 33.0 Å². The van der Waals surface area contributed by atoms with Crippen LogP contribution >= 0.6 is 0 Å². The van der Waals surface area contributed by atoms with Gasteiger partial charge in [-0.3, -0.25) is 0 Å². The Labute approximate surface area is 263 Å². The first kappa shape index (κ1) is 47.0. The fourth-order valence-electron chi connectivity index (χ4n) is 1.83. The summed E-state index contributed by atoms with van der Waals surface area (Å²) in [7, 11) is 0. The van der Waals surface area contributed by atoms with E-state index in [1.165, 1.54) is 0 Å². The standard InChI is InChI=1S/C11H16O4.C9H16O3.C7H12O2.C6H10O2/c1-5-9(12)14-7-11(3,4)8-15-10(13)6-2;1-4-5-11-6-7-12-9(10)8(2)3;1-4-5-9-7(8)6(2)3;1-3-5-8-6(7)4-2/h5-6H,1-2,7-8H2,3-4H3;2,4-7H2,1,3H3;2,4-5H2,1,3H3;4H,2-3,5H2,1H3. The van der Waals surface area contributed by atoms with Gasteiger partial charge in [0.15, 0.2) is 0 Å². The summed E-state index contributed by atoms with van der Waals surface area (Å²) >= 11 is 0. The van der Waals surface area contributed by atoms with Gasteiger partial charge in [0.25, 0.3) is 0 Å². The van der Waals surface area contributed by atoms with E-state index < -0.39 is 17.4 Å². The van der Waals surface area contributed by atoms with Gasteiger partial charge in [0.2, 0.25) is 0 Å². The van der Waals surface area contributed by atoms with Crippen LogP contribution in [-0.2, 0) is 52.4 Å². The topological polar surface area (TPSA) is 141 Å². The number of carbonyl (C=O) groups excluding carboxylic acids is 5. The van der Waals surface area contributed by atoms with E-state index in [2.05, 4.69) is 37.6 Å². The van der Waals surface area contributed by atoms with Crippen LogP contribution in [0.15, 0.2) is 62.3 Å². The lowest BCUT2D eigenvalue weighted by Gasteiger charge is -2.22. The fraction of sp³-hybridized carbons (Fsp3) is 0.545. The molecule has 0 aliphatic carbocycles. The molecule has 0 saturated carbocycles. The smallest absolute Gasteiger partial charge is 0.333 e. The SMILES string of the molecule is C=C(C)C(=O)OCCC.C=C(C)C(=O)OCCOCCC.C=CC(=O)OCC(C)(C)COC(=O)C=C.C=CC(=O)OCCC. The lowest BCUT2D eigenvalue weighted by atomic mass is 9.96. The zero-order chi connectivity index (χ0) is 35.0. The molecule has 0 N–H and O–H groups in total. The van der Waals surface area contributed by atoms with E-state index in [1.807, 2.05) is 34.6 Å². The van der Waals surface area contributed by atoms with Crippen LogP contribution in [0.5, 0.6) is 0 Å². The lowest BCUT2D eigenvalue weighted by Crippen LogP contribution is -2.27. The first-order chi connectivity index (χ1) is 20.6. The Bertz CT molecular complexity index is 875. The van der Waals surface area contributed by atoms with Crippen molar-refractivity contribution < 1.29 is 52.4 Å². The maximum atomic E-state index is 10.8. The Kier molecular flexibility index (Phi) is 34.1. The van der Waals surface area contributed by atoms with Crippen molar-refractivity contribution in [3.63, 3.8) is 0 Å². The minimum atomic E-state index is -0.488. The van der Waals surface area contributed by atoms with Crippen LogP contribution in [0.25, 0.3) is 0 Å². The second-order valence-corrected chi connectivity index (χ2v) is 9.60. The van der Waals surface area contributed by atoms with Crippen LogP contribution in [0.4, 0.5) is 0 Å². The molecule has 0 radical (unpaired) electrons. The molecule has 0 rings (SSSR count). The zero-order valence-electron chi connectivity index (χ0n) is 27.8. The first-order valence-electron chi connectivity index (χ1n) is 14.2. The minimum absolute atomic E-state index is 0.169. The predicted molar refractivity (Wildman–Crippen MR) is 170 cm³/mol. The molecule has 0 unspecified atom stereocenters. The van der Waals surface area contributed by atoms with Crippen LogP contribution < -0.4 is 0 Å². The normalized spacial score (nSPS) is 9.34. The van der Waals surface area contributed by atoms with Crippen LogP contribution in [0.1, 0.15) is 67.7 Å². The molecule has 0 fully saturated rings. The Morgan fingerprint density at radius 2 is 0.886 bits per heavy atom. The van der Waals surface area contributed by atoms with Crippen molar-refractivity contribution >= 4 is 29.8 Å². The third kappa shape index (κ3) is 38.0. The van der Waals surface area contributed by atoms with Crippen molar-refractivity contribution in [1.82, 2.24) is 0 Å². The van der Waals surface area contributed by atoms with Gasteiger partial charge in [-0.15, -0.1) is 0 Å². The fourth-order valence-corrected chi connectivity index (χ4v) is 1.83. The highest BCUT2D eigenvalue weighted by Gasteiger charge is 2.21. The Balaban J connectivity index is -0.000000250. The maximum Gasteiger partial charge on any atom is 0.333 e. The molecule has 0 bridgehead atoms. The van der Waals surface area contributed by atoms with E-state index in [0.29, 0.717) is 44.2 Å². The summed E-state index contributed by atoms with van der Waals surface area (Å²) in [6.45, 7) is 32.3. The highest BCUT2D eigenvalue weighted by molar-refractivity contribution is 5.87. The molecule has 0 heterocycles. The molecule has 0 aromatic rings. The largest absolute Gasteiger partial charge is 0.463 e. The summed E-state index contributed by atoms with van der Waals surface area (Å²) in [4.78, 5) is 53.2. The molecule has 0 saturated heterocycles. The van der Waals surface area contributed by atoms with Crippen LogP contribution in [-0.4, -0.2) is 76.1 Å². The van der Waals surface area contributed by atoms with Gasteiger partial charge in [-0.25, -0.2) is 24.0 Å². The van der Waals surface area contributed by atoms with Gasteiger partial charge >= 0.3 is 29.8 Å². The molecule has 0 spiro atoms. The quantitative estimate of drug-likeness (QED) is 0.0807. The molecule has 11 nitrogen and oxygen atoms in total. The second kappa shape index (κ2) is 31.9. The van der Waals surface area contributed by atoms with Gasteiger partial charge in [0, 0.05) is 41.4 Å². The Hall–Kier alpha value is -3.99. The molecule has 44 heavy (non-hydrogen) atoms. The highest BCUT2D eigenvalue weighted by Crippen LogP contribution is 2.16. The van der Waals surface area contributed by atoms with Crippen molar-refractivity contribution in [2.24, 2.45) is 5.41 Å². The summed E-state index contributed by atoms with van der Waals surface area (Å²) in [5, 5.41) is 0. The second-order valence-electron chi connectivity index (χ2n) is 9.60. The molecule has 0 aromatic heterocycles. The average molecular weight is 627 g/mol. The van der Waals surface area contributed by atoms with Gasteiger partial charge in [-0.1, -0.05) is 67.5 Å². The number of carbonyl (C=O) groups is 5. The number of hydrogen-bond acceptors (Lipinski definition) is 11. The monoisotopic (exact) mass is 626 g/mol. The van der Waals surface area contributed by atoms with E-state index in [1.54, 1.807) is 13.8 Å². The third-order valence-electron chi connectivity index (χ3n) is 4.10. The average Bonchev–Trinajstić information content (AvgIpc) is 3.00. The minimum Gasteiger partial charge on any atom is -0.463 e. The van der Waals surface area contributed by atoms with E-state index in [4.69, 9.17) is 23.7 Å². The summed E-state index contributed by atoms with van der Waals surface area (Å²) in [5.41, 5.74) is 0.464. The molecule has 0 aliphatic rings. The van der Waals surface area contributed by atoms with Crippen molar-refractivity contribution in [2.75, 3.05) is 46.2 Å². The Morgan fingerprint density at radius 1 is 0.545 bits per heavy atom. The lowest BCUT2D eigenvalue weighted by molar-refractivity contribution is -0.146. The molecular weight excluding hydrogens is 572 g/mol. The molecule has 0 aliphatic heterocycles. The molecule has 0 amide bonds. The summed E-state index contributed by atoms with van der Waals surface area (Å²) < 4.78 is 28.9. The molecule has 11 heteroatoms. The zero-order valence-corrected chi connectivity index (χ0v) is 27.8. The van der Waals surface area contributed by atoms with E-state index in [9.17, 15) is 24.0 Å². The number of esters is 5. The number of ether oxygens (including phenoxy) is 6. The van der Waals surface area contributed by atoms with Crippen molar-refractivity contribution in [1.29, 1.82) is 0 Å². The van der Waals surface area contributed by atoms with E-state index >= 15 is 0 Å². The van der Waals surface area contributed by atoms with Gasteiger partial charge in [-0.2, -0.15) is 0 Å². The highest BCUT2D eigenvalue weighted by atomic mass is 16.6. The van der Waals surface area contributed by atoms with Crippen molar-refractivity contribution in [2.45, 2.75) is 67.7 Å².